The van der Waals surface area contributed by atoms with Gasteiger partial charge in [0.05, 0.1) is 11.9 Å². The molecule has 4 heterocycles. The van der Waals surface area contributed by atoms with E-state index in [1.807, 2.05) is 31.5 Å². The number of hydrogen-bond donors (Lipinski definition) is 2. The van der Waals surface area contributed by atoms with E-state index in [1.54, 1.807) is 0 Å². The van der Waals surface area contributed by atoms with Gasteiger partial charge in [0.1, 0.15) is 25.3 Å². The van der Waals surface area contributed by atoms with Gasteiger partial charge in [-0.15, -0.1) is 0 Å². The molecule has 7 nitrogen and oxygen atoms in total. The summed E-state index contributed by atoms with van der Waals surface area (Å²) < 4.78 is 8.25. The number of ether oxygens (including phenoxy) is 1. The fraction of sp³-hybridized carbons (Fsp3) is 0.476. The highest BCUT2D eigenvalue weighted by Crippen LogP contribution is 2.29. The molecule has 0 aliphatic carbocycles. The van der Waals surface area contributed by atoms with Crippen molar-refractivity contribution < 1.29 is 4.74 Å². The normalized spacial score (nSPS) is 18.3. The lowest BCUT2D eigenvalue weighted by atomic mass is 10.1. The molecule has 29 heavy (non-hydrogen) atoms. The van der Waals surface area contributed by atoms with Crippen LogP contribution >= 0.6 is 0 Å². The highest BCUT2D eigenvalue weighted by atomic mass is 28.3. The molecule has 4 rings (SSSR count). The Morgan fingerprint density at radius 3 is 2.90 bits per heavy atom. The molecule has 0 saturated carbocycles. The molecule has 1 aliphatic rings. The lowest BCUT2D eigenvalue weighted by molar-refractivity contribution is 0.0665. The largest absolute Gasteiger partial charge is 0.365 e. The molecular formula is C21H30N6OSi. The maximum atomic E-state index is 6.10. The molecule has 0 radical (unpaired) electrons. The maximum absolute atomic E-state index is 6.10. The Labute approximate surface area is 172 Å². The molecular weight excluding hydrogens is 380 g/mol. The van der Waals surface area contributed by atoms with E-state index in [0.29, 0.717) is 12.6 Å². The predicted molar refractivity (Wildman–Crippen MR) is 120 cm³/mol. The quantitative estimate of drug-likeness (QED) is 0.579. The van der Waals surface area contributed by atoms with Gasteiger partial charge in [0.2, 0.25) is 0 Å². The molecule has 8 heteroatoms. The Balaban J connectivity index is 1.69. The van der Waals surface area contributed by atoms with Crippen LogP contribution in [0.1, 0.15) is 19.2 Å². The molecule has 3 aromatic rings. The van der Waals surface area contributed by atoms with E-state index in [9.17, 15) is 0 Å². The summed E-state index contributed by atoms with van der Waals surface area (Å²) in [5.74, 6) is 0.902. The van der Waals surface area contributed by atoms with E-state index in [1.165, 1.54) is 0 Å². The fourth-order valence-electron chi connectivity index (χ4n) is 3.85. The van der Waals surface area contributed by atoms with E-state index in [-0.39, 0.29) is 5.85 Å². The molecule has 0 bridgehead atoms. The molecule has 2 N–H and O–H groups in total. The van der Waals surface area contributed by atoms with Gasteiger partial charge in [0.25, 0.3) is 0 Å². The van der Waals surface area contributed by atoms with Crippen LogP contribution in [-0.4, -0.2) is 53.3 Å². The van der Waals surface area contributed by atoms with Crippen molar-refractivity contribution in [3.8, 4) is 11.3 Å². The van der Waals surface area contributed by atoms with Gasteiger partial charge < -0.3 is 19.9 Å². The Kier molecular flexibility index (Phi) is 5.66. The second kappa shape index (κ2) is 8.21. The van der Waals surface area contributed by atoms with Gasteiger partial charge in [-0.25, -0.2) is 15.0 Å². The van der Waals surface area contributed by atoms with Crippen LogP contribution in [0.3, 0.4) is 0 Å². The van der Waals surface area contributed by atoms with Gasteiger partial charge in [0, 0.05) is 37.2 Å². The number of nitrogens with zero attached hydrogens (tertiary/aromatic N) is 4. The van der Waals surface area contributed by atoms with Crippen molar-refractivity contribution >= 4 is 25.1 Å². The Bertz CT molecular complexity index is 977. The van der Waals surface area contributed by atoms with Crippen LogP contribution in [0, 0.1) is 0 Å². The molecule has 0 amide bonds. The van der Waals surface area contributed by atoms with E-state index in [0.717, 1.165) is 47.7 Å². The summed E-state index contributed by atoms with van der Waals surface area (Å²) in [4.78, 5) is 14.3. The number of aromatic nitrogens is 4. The Morgan fingerprint density at radius 1 is 1.31 bits per heavy atom. The molecule has 1 saturated heterocycles. The molecule has 1 fully saturated rings. The van der Waals surface area contributed by atoms with Crippen molar-refractivity contribution in [2.24, 2.45) is 0 Å². The molecule has 0 aromatic carbocycles. The highest BCUT2D eigenvalue weighted by Gasteiger charge is 2.30. The molecule has 1 unspecified atom stereocenters. The summed E-state index contributed by atoms with van der Waals surface area (Å²) in [5, 5.41) is 6.94. The number of anilines is 1. The first-order valence-corrected chi connectivity index (χ1v) is 13.9. The molecule has 154 valence electrons. The third-order valence-corrected chi connectivity index (χ3v) is 7.15. The summed E-state index contributed by atoms with van der Waals surface area (Å²) in [6, 6.07) is 6.42. The first kappa shape index (κ1) is 20.0. The zero-order valence-corrected chi connectivity index (χ0v) is 18.6. The first-order valence-electron chi connectivity index (χ1n) is 10.3. The first-order chi connectivity index (χ1) is 14.0. The van der Waals surface area contributed by atoms with Crippen LogP contribution in [0.5, 0.6) is 0 Å². The smallest absolute Gasteiger partial charge is 0.160 e. The van der Waals surface area contributed by atoms with Crippen LogP contribution in [0.15, 0.2) is 36.8 Å². The van der Waals surface area contributed by atoms with Gasteiger partial charge >= 0.3 is 0 Å². The van der Waals surface area contributed by atoms with Gasteiger partial charge in [0.15, 0.2) is 5.65 Å². The monoisotopic (exact) mass is 410 g/mol. The van der Waals surface area contributed by atoms with Crippen molar-refractivity contribution in [3.05, 3.63) is 36.8 Å². The van der Waals surface area contributed by atoms with Gasteiger partial charge in [-0.2, -0.15) is 0 Å². The van der Waals surface area contributed by atoms with Crippen molar-refractivity contribution in [1.82, 2.24) is 24.8 Å². The third kappa shape index (κ3) is 4.19. The number of nitrogens with one attached hydrogen (secondary N) is 2. The number of fused-ring (bicyclic) bond motifs is 1. The number of hydrogen-bond acceptors (Lipinski definition) is 6. The predicted octanol–water partition coefficient (Wildman–Crippen LogP) is 3.68. The van der Waals surface area contributed by atoms with Gasteiger partial charge in [-0.05, 0) is 38.1 Å². The Morgan fingerprint density at radius 2 is 2.17 bits per heavy atom. The average molecular weight is 411 g/mol. The Hall–Kier alpha value is -2.29. The van der Waals surface area contributed by atoms with E-state index >= 15 is 0 Å². The second-order valence-electron chi connectivity index (χ2n) is 8.59. The van der Waals surface area contributed by atoms with Crippen LogP contribution in [-0.2, 0) is 4.74 Å². The van der Waals surface area contributed by atoms with Gasteiger partial charge in [-0.1, -0.05) is 19.6 Å². The number of rotatable bonds is 7. The zero-order chi connectivity index (χ0) is 20.4. The molecule has 1 aliphatic heterocycles. The minimum atomic E-state index is -1.59. The summed E-state index contributed by atoms with van der Waals surface area (Å²) in [6.07, 6.45) is 6.82. The molecule has 0 spiro atoms. The summed E-state index contributed by atoms with van der Waals surface area (Å²) in [5.41, 5.74) is 3.56. The van der Waals surface area contributed by atoms with Crippen LogP contribution in [0.25, 0.3) is 22.4 Å². The van der Waals surface area contributed by atoms with Crippen LogP contribution in [0.2, 0.25) is 19.6 Å². The molecule has 2 atom stereocenters. The highest BCUT2D eigenvalue weighted by molar-refractivity contribution is 6.76. The van der Waals surface area contributed by atoms with E-state index in [2.05, 4.69) is 52.1 Å². The number of pyridine rings is 1. The second-order valence-corrected chi connectivity index (χ2v) is 13.8. The topological polar surface area (TPSA) is 76.9 Å². The lowest BCUT2D eigenvalue weighted by Crippen LogP contribution is -2.37. The van der Waals surface area contributed by atoms with Crippen molar-refractivity contribution in [2.75, 3.05) is 25.0 Å². The standard InChI is InChI=1S/C21H30N6OSi/c1-5-28-21(29(2,3)4)27-12-9-17-20(27)24-14-18(26-17)16-7-6-10-23-19(16)25-15-8-11-22-13-15/h6-7,9-10,12,14-15,21-22H,5,8,11,13H2,1-4H3,(H,23,25)/t15?,21-/m0/s1. The lowest BCUT2D eigenvalue weighted by Gasteiger charge is -2.30. The average Bonchev–Trinajstić information content (AvgIpc) is 3.35. The van der Waals surface area contributed by atoms with Crippen molar-refractivity contribution in [3.63, 3.8) is 0 Å². The zero-order valence-electron chi connectivity index (χ0n) is 17.6. The summed E-state index contributed by atoms with van der Waals surface area (Å²) >= 11 is 0. The van der Waals surface area contributed by atoms with E-state index < -0.39 is 8.07 Å². The minimum absolute atomic E-state index is 0.0376. The van der Waals surface area contributed by atoms with Gasteiger partial charge in [-0.3, -0.25) is 0 Å². The maximum Gasteiger partial charge on any atom is 0.160 e. The third-order valence-electron chi connectivity index (χ3n) is 5.22. The summed E-state index contributed by atoms with van der Waals surface area (Å²) in [6.45, 7) is 11.7. The van der Waals surface area contributed by atoms with Crippen molar-refractivity contribution in [2.45, 2.75) is 44.9 Å². The van der Waals surface area contributed by atoms with Crippen LogP contribution < -0.4 is 10.6 Å². The SMILES string of the molecule is CCO[C@H](n1ccc2nc(-c3cccnc3NC3CCNC3)cnc21)[Si](C)(C)C. The minimum Gasteiger partial charge on any atom is -0.365 e. The fourth-order valence-corrected chi connectivity index (χ4v) is 5.56. The molecule has 3 aromatic heterocycles. The van der Waals surface area contributed by atoms with Crippen LogP contribution in [0.4, 0.5) is 5.82 Å². The van der Waals surface area contributed by atoms with E-state index in [4.69, 9.17) is 14.7 Å². The van der Waals surface area contributed by atoms with Crippen molar-refractivity contribution in [1.29, 1.82) is 0 Å². The summed E-state index contributed by atoms with van der Waals surface area (Å²) in [7, 11) is -1.59.